The Hall–Kier alpha value is -1.00. The van der Waals surface area contributed by atoms with Gasteiger partial charge in [-0.25, -0.2) is 8.78 Å². The normalized spacial score (nSPS) is 24.5. The number of hydrogen-bond donors (Lipinski definition) is 1. The number of rotatable bonds is 5. The largest absolute Gasteiger partial charge is 0.310 e. The van der Waals surface area contributed by atoms with Gasteiger partial charge in [-0.1, -0.05) is 0 Å². The fourth-order valence-electron chi connectivity index (χ4n) is 3.25. The highest BCUT2D eigenvalue weighted by Gasteiger charge is 2.34. The van der Waals surface area contributed by atoms with Crippen LogP contribution in [0, 0.1) is 24.5 Å². The molecule has 0 amide bonds. The molecule has 1 aliphatic carbocycles. The second kappa shape index (κ2) is 6.01. The number of halogens is 2. The highest BCUT2D eigenvalue weighted by Crippen LogP contribution is 2.31. The minimum atomic E-state index is -0.333. The molecule has 1 aromatic rings. The molecule has 2 aliphatic rings. The molecule has 2 fully saturated rings. The van der Waals surface area contributed by atoms with Crippen LogP contribution in [0.2, 0.25) is 0 Å². The van der Waals surface area contributed by atoms with E-state index in [0.29, 0.717) is 17.0 Å². The zero-order chi connectivity index (χ0) is 15.0. The lowest BCUT2D eigenvalue weighted by Crippen LogP contribution is -2.29. The van der Waals surface area contributed by atoms with Crippen LogP contribution in [0.1, 0.15) is 43.4 Å². The third-order valence-electron chi connectivity index (χ3n) is 4.84. The number of nitrogens with one attached hydrogen (secondary N) is 1. The Morgan fingerprint density at radius 2 is 2.00 bits per heavy atom. The molecule has 2 nitrogen and oxygen atoms in total. The van der Waals surface area contributed by atoms with Crippen molar-refractivity contribution in [3.8, 4) is 0 Å². The first-order chi connectivity index (χ1) is 10.0. The molecule has 1 saturated heterocycles. The average molecular weight is 294 g/mol. The Bertz CT molecular complexity index is 514. The molecule has 2 unspecified atom stereocenters. The average Bonchev–Trinajstić information content (AvgIpc) is 3.19. The maximum Gasteiger partial charge on any atom is 0.128 e. The summed E-state index contributed by atoms with van der Waals surface area (Å²) in [7, 11) is 0. The molecule has 116 valence electrons. The molecule has 21 heavy (non-hydrogen) atoms. The van der Waals surface area contributed by atoms with Crippen molar-refractivity contribution in [1.82, 2.24) is 10.2 Å². The minimum absolute atomic E-state index is 0.157. The summed E-state index contributed by atoms with van der Waals surface area (Å²) in [6, 6.07) is 3.28. The summed E-state index contributed by atoms with van der Waals surface area (Å²) in [5.74, 6) is -0.0211. The van der Waals surface area contributed by atoms with E-state index in [2.05, 4.69) is 10.2 Å². The van der Waals surface area contributed by atoms with Crippen molar-refractivity contribution in [2.24, 2.45) is 5.92 Å². The van der Waals surface area contributed by atoms with Gasteiger partial charge in [0.05, 0.1) is 0 Å². The number of benzene rings is 1. The second-order valence-corrected chi connectivity index (χ2v) is 6.63. The summed E-state index contributed by atoms with van der Waals surface area (Å²) in [5, 5.41) is 3.37. The predicted octanol–water partition coefficient (Wildman–Crippen LogP) is 3.41. The lowest BCUT2D eigenvalue weighted by atomic mass is 10.0. The van der Waals surface area contributed by atoms with Crippen molar-refractivity contribution in [2.45, 2.75) is 45.2 Å². The van der Waals surface area contributed by atoms with Gasteiger partial charge in [-0.05, 0) is 69.8 Å². The first kappa shape index (κ1) is 14.9. The van der Waals surface area contributed by atoms with Gasteiger partial charge < -0.3 is 10.2 Å². The molecule has 0 bridgehead atoms. The molecule has 1 aromatic carbocycles. The van der Waals surface area contributed by atoms with E-state index >= 15 is 0 Å². The van der Waals surface area contributed by atoms with Crippen molar-refractivity contribution >= 4 is 0 Å². The number of nitrogens with zero attached hydrogens (tertiary/aromatic N) is 1. The van der Waals surface area contributed by atoms with Gasteiger partial charge in [-0.3, -0.25) is 0 Å². The van der Waals surface area contributed by atoms with E-state index in [0.717, 1.165) is 19.1 Å². The van der Waals surface area contributed by atoms with Gasteiger partial charge in [-0.15, -0.1) is 0 Å². The topological polar surface area (TPSA) is 15.3 Å². The molecular formula is C17H24F2N2. The van der Waals surface area contributed by atoms with Gasteiger partial charge >= 0.3 is 0 Å². The number of aryl methyl sites for hydroxylation is 1. The second-order valence-electron chi connectivity index (χ2n) is 6.63. The molecule has 1 N–H and O–H groups in total. The SMILES string of the molecule is Cc1cc(F)c(C(C)NCC2CCN(C3CC3)C2)cc1F. The Balaban J connectivity index is 1.54. The van der Waals surface area contributed by atoms with Crippen LogP contribution in [-0.4, -0.2) is 30.6 Å². The van der Waals surface area contributed by atoms with Crippen LogP contribution in [0.4, 0.5) is 8.78 Å². The zero-order valence-electron chi connectivity index (χ0n) is 12.8. The van der Waals surface area contributed by atoms with Crippen molar-refractivity contribution in [3.63, 3.8) is 0 Å². The Morgan fingerprint density at radius 3 is 2.71 bits per heavy atom. The van der Waals surface area contributed by atoms with Gasteiger partial charge in [0.15, 0.2) is 0 Å². The highest BCUT2D eigenvalue weighted by atomic mass is 19.1. The van der Waals surface area contributed by atoms with E-state index in [1.54, 1.807) is 6.92 Å². The minimum Gasteiger partial charge on any atom is -0.310 e. The summed E-state index contributed by atoms with van der Waals surface area (Å²) in [4.78, 5) is 2.57. The maximum absolute atomic E-state index is 13.9. The van der Waals surface area contributed by atoms with Crippen LogP contribution in [-0.2, 0) is 0 Å². The maximum atomic E-state index is 13.9. The summed E-state index contributed by atoms with van der Waals surface area (Å²) in [5.41, 5.74) is 0.787. The summed E-state index contributed by atoms with van der Waals surface area (Å²) in [6.45, 7) is 6.71. The summed E-state index contributed by atoms with van der Waals surface area (Å²) < 4.78 is 27.5. The van der Waals surface area contributed by atoms with Crippen molar-refractivity contribution in [3.05, 3.63) is 34.9 Å². The van der Waals surface area contributed by atoms with Crippen molar-refractivity contribution in [2.75, 3.05) is 19.6 Å². The number of hydrogen-bond acceptors (Lipinski definition) is 2. The van der Waals surface area contributed by atoms with E-state index in [4.69, 9.17) is 0 Å². The van der Waals surface area contributed by atoms with E-state index in [1.807, 2.05) is 6.92 Å². The van der Waals surface area contributed by atoms with Crippen LogP contribution >= 0.6 is 0 Å². The van der Waals surface area contributed by atoms with Crippen LogP contribution < -0.4 is 5.32 Å². The molecule has 3 rings (SSSR count). The van der Waals surface area contributed by atoms with E-state index in [-0.39, 0.29) is 17.7 Å². The lowest BCUT2D eigenvalue weighted by molar-refractivity contribution is 0.309. The van der Waals surface area contributed by atoms with Crippen LogP contribution in [0.3, 0.4) is 0 Å². The van der Waals surface area contributed by atoms with Crippen LogP contribution in [0.25, 0.3) is 0 Å². The molecule has 1 aliphatic heterocycles. The molecule has 0 aromatic heterocycles. The van der Waals surface area contributed by atoms with E-state index < -0.39 is 0 Å². The standard InChI is InChI=1S/C17H24F2N2/c1-11-7-17(19)15(8-16(11)18)12(2)20-9-13-5-6-21(10-13)14-3-4-14/h7-8,12-14,20H,3-6,9-10H2,1-2H3. The molecule has 1 saturated carbocycles. The van der Waals surface area contributed by atoms with Gasteiger partial charge in [-0.2, -0.15) is 0 Å². The van der Waals surface area contributed by atoms with Gasteiger partial charge in [0.2, 0.25) is 0 Å². The fraction of sp³-hybridized carbons (Fsp3) is 0.647. The van der Waals surface area contributed by atoms with Crippen molar-refractivity contribution in [1.29, 1.82) is 0 Å². The fourth-order valence-corrected chi connectivity index (χ4v) is 3.25. The molecule has 0 spiro atoms. The van der Waals surface area contributed by atoms with Gasteiger partial charge in [0.25, 0.3) is 0 Å². The smallest absolute Gasteiger partial charge is 0.128 e. The summed E-state index contributed by atoms with van der Waals surface area (Å²) in [6.07, 6.45) is 3.91. The molecule has 4 heteroatoms. The van der Waals surface area contributed by atoms with Crippen LogP contribution in [0.15, 0.2) is 12.1 Å². The van der Waals surface area contributed by atoms with E-state index in [1.165, 1.54) is 37.9 Å². The van der Waals surface area contributed by atoms with E-state index in [9.17, 15) is 8.78 Å². The first-order valence-electron chi connectivity index (χ1n) is 7.97. The quantitative estimate of drug-likeness (QED) is 0.895. The van der Waals surface area contributed by atoms with Gasteiger partial charge in [0, 0.05) is 24.2 Å². The molecule has 0 radical (unpaired) electrons. The Labute approximate surface area is 125 Å². The highest BCUT2D eigenvalue weighted by molar-refractivity contribution is 5.27. The third-order valence-corrected chi connectivity index (χ3v) is 4.84. The lowest BCUT2D eigenvalue weighted by Gasteiger charge is -2.19. The zero-order valence-corrected chi connectivity index (χ0v) is 12.8. The van der Waals surface area contributed by atoms with Crippen molar-refractivity contribution < 1.29 is 8.78 Å². The summed E-state index contributed by atoms with van der Waals surface area (Å²) >= 11 is 0. The predicted molar refractivity (Wildman–Crippen MR) is 80.2 cm³/mol. The third kappa shape index (κ3) is 3.43. The molecule has 2 atom stereocenters. The van der Waals surface area contributed by atoms with Gasteiger partial charge in [0.1, 0.15) is 11.6 Å². The molecular weight excluding hydrogens is 270 g/mol. The Morgan fingerprint density at radius 1 is 1.24 bits per heavy atom. The molecule has 1 heterocycles. The van der Waals surface area contributed by atoms with Crippen LogP contribution in [0.5, 0.6) is 0 Å². The number of likely N-dealkylation sites (tertiary alicyclic amines) is 1. The monoisotopic (exact) mass is 294 g/mol. The Kier molecular flexibility index (Phi) is 4.27. The first-order valence-corrected chi connectivity index (χ1v) is 7.97.